The average Bonchev–Trinajstić information content (AvgIpc) is 2.47. The molecule has 1 aromatic heterocycles. The zero-order valence-corrected chi connectivity index (χ0v) is 12.3. The fourth-order valence-corrected chi connectivity index (χ4v) is 2.77. The number of hydrogen-bond acceptors (Lipinski definition) is 5. The second-order valence-corrected chi connectivity index (χ2v) is 5.40. The summed E-state index contributed by atoms with van der Waals surface area (Å²) < 4.78 is 0. The lowest BCUT2D eigenvalue weighted by atomic mass is 9.82. The summed E-state index contributed by atoms with van der Waals surface area (Å²) in [4.78, 5) is 13.3. The molecule has 0 fully saturated rings. The first-order valence-electron chi connectivity index (χ1n) is 6.64. The van der Waals surface area contributed by atoms with Crippen LogP contribution in [0.5, 0.6) is 0 Å². The predicted molar refractivity (Wildman–Crippen MR) is 82.5 cm³/mol. The first-order valence-corrected chi connectivity index (χ1v) is 7.02. The van der Waals surface area contributed by atoms with Gasteiger partial charge in [0.1, 0.15) is 7.11 Å². The van der Waals surface area contributed by atoms with Gasteiger partial charge in [0.25, 0.3) is 0 Å². The van der Waals surface area contributed by atoms with Gasteiger partial charge in [0, 0.05) is 23.2 Å². The lowest BCUT2D eigenvalue weighted by molar-refractivity contribution is 0.212. The van der Waals surface area contributed by atoms with Crippen molar-refractivity contribution in [3.8, 4) is 0 Å². The Balaban J connectivity index is 2.00. The van der Waals surface area contributed by atoms with Gasteiger partial charge in [-0.25, -0.2) is 9.97 Å². The maximum atomic E-state index is 5.95. The molecule has 2 N–H and O–H groups in total. The Kier molecular flexibility index (Phi) is 3.75. The second kappa shape index (κ2) is 5.69. The van der Waals surface area contributed by atoms with E-state index in [-0.39, 0.29) is 11.9 Å². The Morgan fingerprint density at radius 2 is 2.05 bits per heavy atom. The number of nitrogens with two attached hydrogens (primary N) is 1. The topological polar surface area (TPSA) is 73.4 Å². The Bertz CT molecular complexity index is 685. The third kappa shape index (κ3) is 2.83. The Labute approximate surface area is 127 Å². The van der Waals surface area contributed by atoms with Crippen LogP contribution >= 0.6 is 11.6 Å². The van der Waals surface area contributed by atoms with E-state index in [1.54, 1.807) is 6.20 Å². The minimum Gasteiger partial charge on any atom is -0.399 e. The van der Waals surface area contributed by atoms with Crippen molar-refractivity contribution in [3.63, 3.8) is 0 Å². The SMILES string of the molecule is CO/N=C1\CC(c2ccc(Cl)cc2)Cc2nc(N)ncc21. The summed E-state index contributed by atoms with van der Waals surface area (Å²) in [6.45, 7) is 0. The second-order valence-electron chi connectivity index (χ2n) is 4.97. The minimum absolute atomic E-state index is 0.276. The number of benzene rings is 1. The van der Waals surface area contributed by atoms with Crippen LogP contribution in [0.3, 0.4) is 0 Å². The van der Waals surface area contributed by atoms with Crippen molar-refractivity contribution in [2.45, 2.75) is 18.8 Å². The third-order valence-electron chi connectivity index (χ3n) is 3.62. The molecule has 108 valence electrons. The summed E-state index contributed by atoms with van der Waals surface area (Å²) in [7, 11) is 1.54. The molecule has 0 saturated heterocycles. The highest BCUT2D eigenvalue weighted by Gasteiger charge is 2.27. The summed E-state index contributed by atoms with van der Waals surface area (Å²) in [5.74, 6) is 0.556. The number of anilines is 1. The molecule has 0 spiro atoms. The van der Waals surface area contributed by atoms with E-state index in [1.165, 1.54) is 12.7 Å². The number of oxime groups is 1. The molecule has 0 radical (unpaired) electrons. The van der Waals surface area contributed by atoms with E-state index in [4.69, 9.17) is 22.2 Å². The molecule has 21 heavy (non-hydrogen) atoms. The number of rotatable bonds is 2. The molecule has 5 nitrogen and oxygen atoms in total. The van der Waals surface area contributed by atoms with Crippen LogP contribution in [-0.4, -0.2) is 22.8 Å². The highest BCUT2D eigenvalue weighted by Crippen LogP contribution is 2.32. The standard InChI is InChI=1S/C15H15ClN4O/c1-21-20-14-7-10(9-2-4-11(16)5-3-9)6-13-12(14)8-18-15(17)19-13/h2-5,8,10H,6-7H2,1H3,(H2,17,18,19)/b20-14+. The number of aromatic nitrogens is 2. The van der Waals surface area contributed by atoms with Gasteiger partial charge in [0.2, 0.25) is 5.95 Å². The van der Waals surface area contributed by atoms with Gasteiger partial charge in [-0.05, 0) is 30.0 Å². The Morgan fingerprint density at radius 1 is 1.29 bits per heavy atom. The first kappa shape index (κ1) is 13.8. The molecular formula is C15H15ClN4O. The smallest absolute Gasteiger partial charge is 0.220 e. The average molecular weight is 303 g/mol. The lowest BCUT2D eigenvalue weighted by Gasteiger charge is -2.25. The van der Waals surface area contributed by atoms with Crippen molar-refractivity contribution in [3.05, 3.63) is 52.3 Å². The van der Waals surface area contributed by atoms with E-state index < -0.39 is 0 Å². The van der Waals surface area contributed by atoms with Crippen LogP contribution in [0, 0.1) is 0 Å². The number of fused-ring (bicyclic) bond motifs is 1. The highest BCUT2D eigenvalue weighted by molar-refractivity contribution is 6.30. The molecule has 1 aliphatic carbocycles. The molecule has 1 aliphatic rings. The van der Waals surface area contributed by atoms with Crippen LogP contribution in [0.2, 0.25) is 5.02 Å². The van der Waals surface area contributed by atoms with Crippen molar-refractivity contribution >= 4 is 23.3 Å². The monoisotopic (exact) mass is 302 g/mol. The maximum absolute atomic E-state index is 5.95. The molecule has 0 amide bonds. The van der Waals surface area contributed by atoms with Crippen LogP contribution in [-0.2, 0) is 11.3 Å². The quantitative estimate of drug-likeness (QED) is 0.866. The summed E-state index contributed by atoms with van der Waals surface area (Å²) >= 11 is 5.95. The van der Waals surface area contributed by atoms with Gasteiger partial charge in [-0.2, -0.15) is 0 Å². The van der Waals surface area contributed by atoms with Gasteiger partial charge in [0.05, 0.1) is 11.4 Å². The van der Waals surface area contributed by atoms with Gasteiger partial charge in [-0.15, -0.1) is 0 Å². The van der Waals surface area contributed by atoms with E-state index in [0.29, 0.717) is 0 Å². The van der Waals surface area contributed by atoms with Gasteiger partial charge >= 0.3 is 0 Å². The Morgan fingerprint density at radius 3 is 2.76 bits per heavy atom. The molecular weight excluding hydrogens is 288 g/mol. The van der Waals surface area contributed by atoms with Crippen molar-refractivity contribution in [1.29, 1.82) is 0 Å². The molecule has 0 saturated carbocycles. The molecule has 1 atom stereocenters. The highest BCUT2D eigenvalue weighted by atomic mass is 35.5. The van der Waals surface area contributed by atoms with Crippen LogP contribution in [0.1, 0.15) is 29.2 Å². The third-order valence-corrected chi connectivity index (χ3v) is 3.87. The molecule has 1 heterocycles. The van der Waals surface area contributed by atoms with Crippen molar-refractivity contribution in [2.24, 2.45) is 5.16 Å². The number of nitrogens with zero attached hydrogens (tertiary/aromatic N) is 3. The van der Waals surface area contributed by atoms with E-state index in [2.05, 4.69) is 15.1 Å². The lowest BCUT2D eigenvalue weighted by Crippen LogP contribution is -2.22. The largest absolute Gasteiger partial charge is 0.399 e. The number of nitrogen functional groups attached to an aromatic ring is 1. The molecule has 0 aliphatic heterocycles. The zero-order chi connectivity index (χ0) is 14.8. The molecule has 2 aromatic rings. The number of hydrogen-bond donors (Lipinski definition) is 1. The minimum atomic E-state index is 0.276. The van der Waals surface area contributed by atoms with Gasteiger partial charge in [-0.1, -0.05) is 28.9 Å². The summed E-state index contributed by atoms with van der Waals surface area (Å²) in [6.07, 6.45) is 3.29. The molecule has 1 aromatic carbocycles. The van der Waals surface area contributed by atoms with Crippen LogP contribution in [0.4, 0.5) is 5.95 Å². The maximum Gasteiger partial charge on any atom is 0.220 e. The van der Waals surface area contributed by atoms with Crippen LogP contribution in [0.25, 0.3) is 0 Å². The fourth-order valence-electron chi connectivity index (χ4n) is 2.65. The summed E-state index contributed by atoms with van der Waals surface area (Å²) in [5, 5.41) is 4.85. The van der Waals surface area contributed by atoms with E-state index >= 15 is 0 Å². The Hall–Kier alpha value is -2.14. The van der Waals surface area contributed by atoms with Gasteiger partial charge in [0.15, 0.2) is 0 Å². The van der Waals surface area contributed by atoms with E-state index in [1.807, 2.05) is 24.3 Å². The molecule has 1 unspecified atom stereocenters. The van der Waals surface area contributed by atoms with Crippen molar-refractivity contribution in [1.82, 2.24) is 9.97 Å². The van der Waals surface area contributed by atoms with E-state index in [9.17, 15) is 0 Å². The first-order chi connectivity index (χ1) is 10.2. The zero-order valence-electron chi connectivity index (χ0n) is 11.6. The summed E-state index contributed by atoms with van der Waals surface area (Å²) in [6, 6.07) is 7.86. The van der Waals surface area contributed by atoms with Crippen LogP contribution < -0.4 is 5.73 Å². The number of halogens is 1. The normalized spacial score (nSPS) is 19.3. The predicted octanol–water partition coefficient (Wildman–Crippen LogP) is 2.79. The van der Waals surface area contributed by atoms with Crippen molar-refractivity contribution in [2.75, 3.05) is 12.8 Å². The van der Waals surface area contributed by atoms with Crippen molar-refractivity contribution < 1.29 is 4.84 Å². The molecule has 0 bridgehead atoms. The van der Waals surface area contributed by atoms with E-state index in [0.717, 1.165) is 34.8 Å². The van der Waals surface area contributed by atoms with Crippen LogP contribution in [0.15, 0.2) is 35.6 Å². The summed E-state index contributed by atoms with van der Waals surface area (Å²) in [5.41, 5.74) is 9.56. The van der Waals surface area contributed by atoms with Gasteiger partial charge < -0.3 is 10.6 Å². The molecule has 6 heteroatoms. The van der Waals surface area contributed by atoms with Gasteiger partial charge in [-0.3, -0.25) is 0 Å². The molecule has 3 rings (SSSR count). The fraction of sp³-hybridized carbons (Fsp3) is 0.267.